The number of halogens is 2. The van der Waals surface area contributed by atoms with E-state index in [9.17, 15) is 4.79 Å². The van der Waals surface area contributed by atoms with Gasteiger partial charge in [-0.15, -0.1) is 0 Å². The maximum absolute atomic E-state index is 11.7. The minimum absolute atomic E-state index is 0.0233. The molecule has 20 heavy (non-hydrogen) atoms. The highest BCUT2D eigenvalue weighted by Crippen LogP contribution is 2.38. The van der Waals surface area contributed by atoms with E-state index in [2.05, 4.69) is 21.2 Å². The van der Waals surface area contributed by atoms with E-state index >= 15 is 0 Å². The second kappa shape index (κ2) is 5.82. The van der Waals surface area contributed by atoms with Crippen LogP contribution in [-0.2, 0) is 11.1 Å². The molecule has 1 aliphatic rings. The van der Waals surface area contributed by atoms with E-state index in [0.717, 1.165) is 0 Å². The summed E-state index contributed by atoms with van der Waals surface area (Å²) in [7, 11) is 0. The summed E-state index contributed by atoms with van der Waals surface area (Å²) in [5.74, 6) is 0.311. The van der Waals surface area contributed by atoms with E-state index in [1.807, 2.05) is 0 Å². The summed E-state index contributed by atoms with van der Waals surface area (Å²) in [4.78, 5) is 11.7. The summed E-state index contributed by atoms with van der Waals surface area (Å²) in [5.41, 5.74) is -0.251. The van der Waals surface area contributed by atoms with Gasteiger partial charge in [0.25, 0.3) is 0 Å². The Morgan fingerprint density at radius 1 is 1.65 bits per heavy atom. The third-order valence-electron chi connectivity index (χ3n) is 2.42. The Labute approximate surface area is 134 Å². The molecule has 0 aromatic heterocycles. The van der Waals surface area contributed by atoms with Gasteiger partial charge in [0.05, 0.1) is 11.6 Å². The van der Waals surface area contributed by atoms with Crippen molar-refractivity contribution >= 4 is 33.6 Å². The first-order chi connectivity index (χ1) is 10.0. The molecule has 0 radical (unpaired) electrons. The van der Waals surface area contributed by atoms with Crippen LogP contribution in [0.4, 0.5) is 4.79 Å². The molecule has 0 bridgehead atoms. The number of rotatable bonds is 2. The van der Waals surface area contributed by atoms with Gasteiger partial charge < -0.3 is 14.8 Å². The third kappa shape index (κ3) is 4.03. The summed E-state index contributed by atoms with van der Waals surface area (Å²) < 4.78 is 27.8. The maximum atomic E-state index is 11.7. The van der Waals surface area contributed by atoms with Gasteiger partial charge in [-0.2, -0.15) is 0 Å². The highest BCUT2D eigenvalue weighted by molar-refractivity contribution is 9.10. The molecule has 1 amide bonds. The van der Waals surface area contributed by atoms with Crippen LogP contribution in [0, 0.1) is 0 Å². The first kappa shape index (κ1) is 12.8. The Bertz CT molecular complexity index is 604. The van der Waals surface area contributed by atoms with Gasteiger partial charge in [0.1, 0.15) is 17.5 Å². The third-order valence-corrected chi connectivity index (χ3v) is 3.15. The molecular weight excluding hydrogens is 346 g/mol. The molecule has 1 unspecified atom stereocenters. The molecule has 1 N–H and O–H groups in total. The molecule has 0 fully saturated rings. The molecule has 110 valence electrons. The molecule has 1 aromatic rings. The number of benzene rings is 1. The zero-order chi connectivity index (χ0) is 16.7. The highest BCUT2D eigenvalue weighted by Gasteiger charge is 2.26. The van der Waals surface area contributed by atoms with E-state index in [-0.39, 0.29) is 6.54 Å². The lowest BCUT2D eigenvalue weighted by molar-refractivity contribution is 0.0506. The van der Waals surface area contributed by atoms with Gasteiger partial charge in [-0.25, -0.2) is 4.79 Å². The van der Waals surface area contributed by atoms with E-state index < -0.39 is 24.2 Å². The summed E-state index contributed by atoms with van der Waals surface area (Å²) in [6, 6.07) is 3.27. The van der Waals surface area contributed by atoms with Gasteiger partial charge >= 0.3 is 6.09 Å². The molecule has 6 heteroatoms. The van der Waals surface area contributed by atoms with Crippen molar-refractivity contribution in [3.05, 3.63) is 27.2 Å². The van der Waals surface area contributed by atoms with Crippen LogP contribution >= 0.6 is 27.5 Å². The van der Waals surface area contributed by atoms with Crippen LogP contribution in [-0.4, -0.2) is 24.3 Å². The Kier molecular flexibility index (Phi) is 3.72. The Morgan fingerprint density at radius 3 is 3.00 bits per heavy atom. The lowest BCUT2D eigenvalue weighted by Crippen LogP contribution is -2.38. The molecule has 4 nitrogen and oxygen atoms in total. The van der Waals surface area contributed by atoms with Crippen LogP contribution in [0.3, 0.4) is 0 Å². The summed E-state index contributed by atoms with van der Waals surface area (Å²) >= 11 is 9.37. The fraction of sp³-hybridized carbons (Fsp3) is 0.500. The van der Waals surface area contributed by atoms with E-state index in [0.29, 0.717) is 20.8 Å². The van der Waals surface area contributed by atoms with Crippen LogP contribution in [0.2, 0.25) is 5.02 Å². The molecule has 1 aliphatic heterocycles. The second-order valence-electron chi connectivity index (χ2n) is 5.40. The van der Waals surface area contributed by atoms with E-state index in [1.54, 1.807) is 32.9 Å². The van der Waals surface area contributed by atoms with Crippen molar-refractivity contribution in [1.29, 1.82) is 0 Å². The van der Waals surface area contributed by atoms with E-state index in [4.69, 9.17) is 23.8 Å². The molecular formula is C14H17BrClNO3. The molecule has 0 aliphatic carbocycles. The Hall–Kier alpha value is -0.940. The van der Waals surface area contributed by atoms with Gasteiger partial charge in [-0.1, -0.05) is 27.5 Å². The first-order valence-corrected chi connectivity index (χ1v) is 7.31. The number of carbonyl (C=O) groups is 1. The average molecular weight is 365 g/mol. The van der Waals surface area contributed by atoms with Crippen molar-refractivity contribution in [1.82, 2.24) is 5.32 Å². The predicted octanol–water partition coefficient (Wildman–Crippen LogP) is 3.93. The SMILES string of the molecule is [2H]C1([2H])c2cc(Br)cc(Cl)c2OC1CNC(=O)OC(C)(C)C. The Balaban J connectivity index is 2.09. The van der Waals surface area contributed by atoms with Crippen LogP contribution in [0.15, 0.2) is 16.6 Å². The van der Waals surface area contributed by atoms with Gasteiger partial charge in [0, 0.05) is 19.2 Å². The standard InChI is InChI=1S/C14H17BrClNO3/c1-14(2,3)20-13(18)17-7-10-5-8-4-9(15)6-11(16)12(8)19-10/h4,6,10H,5,7H2,1-3H3,(H,17,18)/i5D2. The second-order valence-corrected chi connectivity index (χ2v) is 6.72. The molecule has 1 aromatic carbocycles. The largest absolute Gasteiger partial charge is 0.486 e. The highest BCUT2D eigenvalue weighted by atomic mass is 79.9. The van der Waals surface area contributed by atoms with Crippen molar-refractivity contribution < 1.29 is 17.0 Å². The summed E-state index contributed by atoms with van der Waals surface area (Å²) in [6.45, 7) is 5.24. The van der Waals surface area contributed by atoms with E-state index in [1.165, 1.54) is 0 Å². The van der Waals surface area contributed by atoms with Crippen molar-refractivity contribution in [2.45, 2.75) is 38.8 Å². The molecule has 0 spiro atoms. The topological polar surface area (TPSA) is 47.6 Å². The number of alkyl carbamates (subject to hydrolysis) is 1. The first-order valence-electron chi connectivity index (χ1n) is 7.14. The number of hydrogen-bond donors (Lipinski definition) is 1. The number of ether oxygens (including phenoxy) is 2. The fourth-order valence-electron chi connectivity index (χ4n) is 1.72. The van der Waals surface area contributed by atoms with Crippen molar-refractivity contribution in [2.24, 2.45) is 0 Å². The van der Waals surface area contributed by atoms with Crippen molar-refractivity contribution in [3.8, 4) is 5.75 Å². The van der Waals surface area contributed by atoms with Crippen LogP contribution in [0.1, 0.15) is 29.1 Å². The van der Waals surface area contributed by atoms with Crippen LogP contribution in [0.25, 0.3) is 0 Å². The maximum Gasteiger partial charge on any atom is 0.407 e. The predicted molar refractivity (Wildman–Crippen MR) is 81.5 cm³/mol. The van der Waals surface area contributed by atoms with Gasteiger partial charge in [-0.05, 0) is 32.9 Å². The zero-order valence-corrected chi connectivity index (χ0v) is 13.8. The molecule has 1 heterocycles. The minimum atomic E-state index is -1.77. The van der Waals surface area contributed by atoms with Gasteiger partial charge in [-0.3, -0.25) is 0 Å². The lowest BCUT2D eigenvalue weighted by Gasteiger charge is -2.20. The summed E-state index contributed by atoms with van der Waals surface area (Å²) in [5, 5.41) is 2.85. The van der Waals surface area contributed by atoms with Gasteiger partial charge in [0.15, 0.2) is 0 Å². The molecule has 2 rings (SSSR count). The smallest absolute Gasteiger partial charge is 0.407 e. The average Bonchev–Trinajstić information content (AvgIpc) is 2.57. The van der Waals surface area contributed by atoms with Crippen LogP contribution in [0.5, 0.6) is 5.75 Å². The number of nitrogens with one attached hydrogen (secondary N) is 1. The van der Waals surface area contributed by atoms with Crippen molar-refractivity contribution in [3.63, 3.8) is 0 Å². The van der Waals surface area contributed by atoms with Crippen molar-refractivity contribution in [2.75, 3.05) is 6.54 Å². The number of hydrogen-bond acceptors (Lipinski definition) is 3. The number of amides is 1. The zero-order valence-electron chi connectivity index (χ0n) is 13.4. The monoisotopic (exact) mass is 363 g/mol. The molecule has 0 saturated heterocycles. The normalized spacial score (nSPS) is 21.4. The Morgan fingerprint density at radius 2 is 2.35 bits per heavy atom. The quantitative estimate of drug-likeness (QED) is 0.865. The number of carbonyl (C=O) groups excluding carboxylic acids is 1. The molecule has 1 atom stereocenters. The van der Waals surface area contributed by atoms with Gasteiger partial charge in [0.2, 0.25) is 0 Å². The van der Waals surface area contributed by atoms with Crippen LogP contribution < -0.4 is 10.1 Å². The summed E-state index contributed by atoms with van der Waals surface area (Å²) in [6.07, 6.45) is -3.26. The minimum Gasteiger partial charge on any atom is -0.486 e. The molecule has 0 saturated carbocycles. The lowest BCUT2D eigenvalue weighted by atomic mass is 10.1. The number of fused-ring (bicyclic) bond motifs is 1. The fourth-order valence-corrected chi connectivity index (χ4v) is 2.57.